The van der Waals surface area contributed by atoms with Crippen LogP contribution in [0.5, 0.6) is 0 Å². The van der Waals surface area contributed by atoms with Crippen molar-refractivity contribution in [3.8, 4) is 0 Å². The molecule has 3 rings (SSSR count). The van der Waals surface area contributed by atoms with E-state index >= 15 is 0 Å². The number of anilines is 1. The van der Waals surface area contributed by atoms with Crippen LogP contribution >= 0.6 is 12.2 Å². The molecule has 0 bridgehead atoms. The summed E-state index contributed by atoms with van der Waals surface area (Å²) < 4.78 is 0. The topological polar surface area (TPSA) is 97.2 Å². The maximum absolute atomic E-state index is 12.5. The fourth-order valence-electron chi connectivity index (χ4n) is 2.74. The number of aromatic nitrogens is 1. The molecule has 8 heteroatoms. The zero-order chi connectivity index (χ0) is 19.6. The number of rotatable bonds is 3. The largest absolute Gasteiger partial charge is 0.331 e. The molecular weight excluding hydrogens is 364 g/mol. The van der Waals surface area contributed by atoms with Gasteiger partial charge in [-0.3, -0.25) is 25.2 Å². The maximum atomic E-state index is 12.5. The average molecular weight is 380 g/mol. The van der Waals surface area contributed by atoms with E-state index in [1.807, 2.05) is 37.3 Å². The summed E-state index contributed by atoms with van der Waals surface area (Å²) in [5.41, 5.74) is 2.62. The molecule has 0 aliphatic heterocycles. The van der Waals surface area contributed by atoms with E-state index in [2.05, 4.69) is 15.6 Å². The second kappa shape index (κ2) is 7.46. The number of pyridine rings is 1. The molecule has 2 aromatic carbocycles. The molecule has 0 saturated heterocycles. The number of nitrogens with zero attached hydrogens (tertiary/aromatic N) is 2. The zero-order valence-electron chi connectivity index (χ0n) is 14.6. The highest BCUT2D eigenvalue weighted by Crippen LogP contribution is 2.23. The van der Waals surface area contributed by atoms with Crippen molar-refractivity contribution in [2.75, 3.05) is 5.32 Å². The van der Waals surface area contributed by atoms with E-state index in [0.717, 1.165) is 16.6 Å². The van der Waals surface area contributed by atoms with Crippen molar-refractivity contribution in [1.29, 1.82) is 0 Å². The van der Waals surface area contributed by atoms with Crippen LogP contribution in [0.25, 0.3) is 10.9 Å². The van der Waals surface area contributed by atoms with Crippen LogP contribution in [0.15, 0.2) is 48.5 Å². The SMILES string of the molecule is Cc1ccc2cccc(NC(=S)NC(=O)c3cccc([N+](=O)[O-])c3C)c2n1. The molecule has 7 nitrogen and oxygen atoms in total. The number of aryl methyl sites for hydroxylation is 1. The van der Waals surface area contributed by atoms with Gasteiger partial charge in [0.1, 0.15) is 0 Å². The lowest BCUT2D eigenvalue weighted by Gasteiger charge is -2.12. The van der Waals surface area contributed by atoms with E-state index in [0.29, 0.717) is 5.69 Å². The van der Waals surface area contributed by atoms with E-state index in [4.69, 9.17) is 12.2 Å². The van der Waals surface area contributed by atoms with Crippen LogP contribution < -0.4 is 10.6 Å². The molecule has 0 aliphatic carbocycles. The molecule has 1 amide bonds. The minimum atomic E-state index is -0.521. The Morgan fingerprint density at radius 2 is 1.85 bits per heavy atom. The number of nitro groups is 1. The van der Waals surface area contributed by atoms with Crippen LogP contribution in [0.4, 0.5) is 11.4 Å². The molecule has 1 aromatic heterocycles. The van der Waals surface area contributed by atoms with Crippen LogP contribution in [0.1, 0.15) is 21.6 Å². The molecule has 3 aromatic rings. The predicted octanol–water partition coefficient (Wildman–Crippen LogP) is 3.89. The lowest BCUT2D eigenvalue weighted by Crippen LogP contribution is -2.34. The number of nitro benzene ring substituents is 1. The number of carbonyl (C=O) groups is 1. The summed E-state index contributed by atoms with van der Waals surface area (Å²) in [5.74, 6) is -0.516. The Bertz CT molecular complexity index is 1080. The number of nitrogens with one attached hydrogen (secondary N) is 2. The smallest absolute Gasteiger partial charge is 0.273 e. The van der Waals surface area contributed by atoms with Crippen molar-refractivity contribution in [2.45, 2.75) is 13.8 Å². The van der Waals surface area contributed by atoms with Gasteiger partial charge in [0.25, 0.3) is 11.6 Å². The molecule has 0 atom stereocenters. The van der Waals surface area contributed by atoms with Gasteiger partial charge in [0.2, 0.25) is 0 Å². The number of carbonyl (C=O) groups excluding carboxylic acids is 1. The summed E-state index contributed by atoms with van der Waals surface area (Å²) in [4.78, 5) is 27.5. The first kappa shape index (κ1) is 18.4. The molecule has 27 heavy (non-hydrogen) atoms. The number of thiocarbonyl (C=S) groups is 1. The molecule has 0 aliphatic rings. The van der Waals surface area contributed by atoms with Crippen molar-refractivity contribution in [3.05, 3.63) is 75.5 Å². The third-order valence-corrected chi connectivity index (χ3v) is 4.29. The minimum absolute atomic E-state index is 0.0849. The zero-order valence-corrected chi connectivity index (χ0v) is 15.5. The summed E-state index contributed by atoms with van der Waals surface area (Å²) in [5, 5.41) is 17.6. The van der Waals surface area contributed by atoms with Gasteiger partial charge in [-0.05, 0) is 44.3 Å². The second-order valence-electron chi connectivity index (χ2n) is 5.94. The Hall–Kier alpha value is -3.39. The van der Waals surface area contributed by atoms with Gasteiger partial charge in [-0.25, -0.2) is 0 Å². The van der Waals surface area contributed by atoms with E-state index in [1.54, 1.807) is 0 Å². The third-order valence-electron chi connectivity index (χ3n) is 4.08. The van der Waals surface area contributed by atoms with Crippen molar-refractivity contribution < 1.29 is 9.72 Å². The molecule has 0 unspecified atom stereocenters. The summed E-state index contributed by atoms with van der Waals surface area (Å²) >= 11 is 5.23. The first-order valence-corrected chi connectivity index (χ1v) is 8.50. The highest BCUT2D eigenvalue weighted by atomic mass is 32.1. The molecule has 2 N–H and O–H groups in total. The van der Waals surface area contributed by atoms with Gasteiger partial charge >= 0.3 is 0 Å². The van der Waals surface area contributed by atoms with Gasteiger partial charge in [-0.15, -0.1) is 0 Å². The van der Waals surface area contributed by atoms with Crippen LogP contribution in [0.2, 0.25) is 0 Å². The minimum Gasteiger partial charge on any atom is -0.331 e. The summed E-state index contributed by atoms with van der Waals surface area (Å²) in [6, 6.07) is 13.8. The van der Waals surface area contributed by atoms with Crippen LogP contribution in [-0.4, -0.2) is 20.9 Å². The Morgan fingerprint density at radius 3 is 2.59 bits per heavy atom. The van der Waals surface area contributed by atoms with E-state index in [1.165, 1.54) is 25.1 Å². The molecular formula is C19H16N4O3S. The average Bonchev–Trinajstić information content (AvgIpc) is 2.62. The highest BCUT2D eigenvalue weighted by Gasteiger charge is 2.18. The molecule has 1 heterocycles. The lowest BCUT2D eigenvalue weighted by molar-refractivity contribution is -0.385. The second-order valence-corrected chi connectivity index (χ2v) is 6.35. The Morgan fingerprint density at radius 1 is 1.11 bits per heavy atom. The molecule has 136 valence electrons. The normalized spacial score (nSPS) is 10.4. The number of benzene rings is 2. The molecule has 0 spiro atoms. The Balaban J connectivity index is 1.81. The number of hydrogen-bond acceptors (Lipinski definition) is 5. The van der Waals surface area contributed by atoms with E-state index in [-0.39, 0.29) is 21.9 Å². The van der Waals surface area contributed by atoms with Gasteiger partial charge in [0, 0.05) is 28.3 Å². The van der Waals surface area contributed by atoms with Gasteiger partial charge in [-0.1, -0.05) is 24.3 Å². The predicted molar refractivity (Wildman–Crippen MR) is 108 cm³/mol. The van der Waals surface area contributed by atoms with Crippen molar-refractivity contribution in [3.63, 3.8) is 0 Å². The number of amides is 1. The van der Waals surface area contributed by atoms with E-state index in [9.17, 15) is 14.9 Å². The van der Waals surface area contributed by atoms with Crippen molar-refractivity contribution >= 4 is 45.5 Å². The number of para-hydroxylation sites is 1. The fraction of sp³-hybridized carbons (Fsp3) is 0.105. The van der Waals surface area contributed by atoms with Crippen LogP contribution in [-0.2, 0) is 0 Å². The molecule has 0 saturated carbocycles. The van der Waals surface area contributed by atoms with Gasteiger partial charge in [0.15, 0.2) is 5.11 Å². The van der Waals surface area contributed by atoms with Crippen LogP contribution in [0, 0.1) is 24.0 Å². The fourth-order valence-corrected chi connectivity index (χ4v) is 2.94. The first-order valence-electron chi connectivity index (χ1n) is 8.09. The first-order chi connectivity index (χ1) is 12.9. The summed E-state index contributed by atoms with van der Waals surface area (Å²) in [6.07, 6.45) is 0. The van der Waals surface area contributed by atoms with Crippen molar-refractivity contribution in [2.24, 2.45) is 0 Å². The number of fused-ring (bicyclic) bond motifs is 1. The van der Waals surface area contributed by atoms with Gasteiger partial charge in [0.05, 0.1) is 16.1 Å². The number of hydrogen-bond donors (Lipinski definition) is 2. The monoisotopic (exact) mass is 380 g/mol. The quantitative estimate of drug-likeness (QED) is 0.406. The van der Waals surface area contributed by atoms with Gasteiger partial charge < -0.3 is 5.32 Å². The lowest BCUT2D eigenvalue weighted by atomic mass is 10.1. The Kier molecular flexibility index (Phi) is 5.09. The third kappa shape index (κ3) is 3.90. The summed E-state index contributed by atoms with van der Waals surface area (Å²) in [6.45, 7) is 3.42. The highest BCUT2D eigenvalue weighted by molar-refractivity contribution is 7.80. The molecule has 0 fully saturated rings. The maximum Gasteiger partial charge on any atom is 0.273 e. The Labute approximate surface area is 160 Å². The molecule has 0 radical (unpaired) electrons. The van der Waals surface area contributed by atoms with E-state index < -0.39 is 10.8 Å². The van der Waals surface area contributed by atoms with Gasteiger partial charge in [-0.2, -0.15) is 0 Å². The van der Waals surface area contributed by atoms with Crippen LogP contribution in [0.3, 0.4) is 0 Å². The summed E-state index contributed by atoms with van der Waals surface area (Å²) in [7, 11) is 0. The standard InChI is InChI=1S/C19H16N4O3S/c1-11-9-10-13-5-3-7-15(17(13)20-11)21-19(27)22-18(24)14-6-4-8-16(12(14)2)23(25)26/h3-10H,1-2H3,(H2,21,22,24,27). The van der Waals surface area contributed by atoms with Crippen molar-refractivity contribution in [1.82, 2.24) is 10.3 Å².